The standard InChI is InChI=1S/C13H19NO2/c1-3-6-10(2)14-13(16)9-11-7-4-5-8-12(11)15/h4-5,7-8,10,15H,3,6,9H2,1-2H3,(H,14,16). The molecule has 1 unspecified atom stereocenters. The third kappa shape index (κ3) is 3.93. The second-order valence-electron chi connectivity index (χ2n) is 4.06. The summed E-state index contributed by atoms with van der Waals surface area (Å²) in [5, 5.41) is 12.4. The Hall–Kier alpha value is -1.51. The fourth-order valence-corrected chi connectivity index (χ4v) is 1.66. The van der Waals surface area contributed by atoms with Gasteiger partial charge in [-0.1, -0.05) is 31.5 Å². The van der Waals surface area contributed by atoms with Crippen molar-refractivity contribution in [1.29, 1.82) is 0 Å². The number of hydrogen-bond acceptors (Lipinski definition) is 2. The summed E-state index contributed by atoms with van der Waals surface area (Å²) in [6, 6.07) is 7.12. The Labute approximate surface area is 96.5 Å². The van der Waals surface area contributed by atoms with Crippen molar-refractivity contribution < 1.29 is 9.90 Å². The predicted octanol–water partition coefficient (Wildman–Crippen LogP) is 2.24. The lowest BCUT2D eigenvalue weighted by Gasteiger charge is -2.12. The molecule has 0 fully saturated rings. The van der Waals surface area contributed by atoms with Crippen LogP contribution in [0.2, 0.25) is 0 Å². The van der Waals surface area contributed by atoms with E-state index in [4.69, 9.17) is 0 Å². The first kappa shape index (κ1) is 12.6. The zero-order valence-corrected chi connectivity index (χ0v) is 9.86. The molecule has 1 atom stereocenters. The van der Waals surface area contributed by atoms with E-state index in [2.05, 4.69) is 12.2 Å². The van der Waals surface area contributed by atoms with E-state index >= 15 is 0 Å². The topological polar surface area (TPSA) is 49.3 Å². The van der Waals surface area contributed by atoms with E-state index in [9.17, 15) is 9.90 Å². The van der Waals surface area contributed by atoms with E-state index in [1.54, 1.807) is 18.2 Å². The van der Waals surface area contributed by atoms with Crippen molar-refractivity contribution in [3.63, 3.8) is 0 Å². The van der Waals surface area contributed by atoms with E-state index in [-0.39, 0.29) is 24.1 Å². The SMILES string of the molecule is CCCC(C)NC(=O)Cc1ccccc1O. The minimum atomic E-state index is -0.0394. The molecule has 88 valence electrons. The van der Waals surface area contributed by atoms with Crippen LogP contribution in [0.5, 0.6) is 5.75 Å². The van der Waals surface area contributed by atoms with E-state index in [0.29, 0.717) is 5.56 Å². The molecule has 0 aromatic heterocycles. The van der Waals surface area contributed by atoms with Gasteiger partial charge < -0.3 is 10.4 Å². The Morgan fingerprint density at radius 2 is 2.12 bits per heavy atom. The van der Waals surface area contributed by atoms with Gasteiger partial charge in [0, 0.05) is 11.6 Å². The molecule has 0 saturated heterocycles. The summed E-state index contributed by atoms with van der Waals surface area (Å²) in [6.07, 6.45) is 2.27. The molecule has 1 amide bonds. The minimum absolute atomic E-state index is 0.0394. The van der Waals surface area contributed by atoms with E-state index < -0.39 is 0 Å². The molecule has 0 radical (unpaired) electrons. The lowest BCUT2D eigenvalue weighted by molar-refractivity contribution is -0.121. The van der Waals surface area contributed by atoms with Gasteiger partial charge in [0.1, 0.15) is 5.75 Å². The number of carbonyl (C=O) groups is 1. The van der Waals surface area contributed by atoms with E-state index in [1.165, 1.54) is 0 Å². The minimum Gasteiger partial charge on any atom is -0.508 e. The molecule has 3 nitrogen and oxygen atoms in total. The van der Waals surface area contributed by atoms with E-state index in [1.807, 2.05) is 13.0 Å². The lowest BCUT2D eigenvalue weighted by Crippen LogP contribution is -2.33. The second-order valence-corrected chi connectivity index (χ2v) is 4.06. The number of amides is 1. The van der Waals surface area contributed by atoms with Crippen LogP contribution in [0, 0.1) is 0 Å². The zero-order chi connectivity index (χ0) is 12.0. The maximum Gasteiger partial charge on any atom is 0.224 e. The summed E-state index contributed by atoms with van der Waals surface area (Å²) in [5.74, 6) is 0.142. The first-order valence-electron chi connectivity index (χ1n) is 5.69. The summed E-state index contributed by atoms with van der Waals surface area (Å²) in [7, 11) is 0. The number of para-hydroxylation sites is 1. The fourth-order valence-electron chi connectivity index (χ4n) is 1.66. The molecule has 1 aromatic rings. The third-order valence-corrected chi connectivity index (χ3v) is 2.47. The van der Waals surface area contributed by atoms with Gasteiger partial charge in [-0.2, -0.15) is 0 Å². The number of phenolic OH excluding ortho intramolecular Hbond substituents is 1. The summed E-state index contributed by atoms with van der Waals surface area (Å²) in [5.41, 5.74) is 0.670. The Morgan fingerprint density at radius 1 is 1.44 bits per heavy atom. The summed E-state index contributed by atoms with van der Waals surface area (Å²) in [4.78, 5) is 11.6. The molecule has 0 spiro atoms. The van der Waals surface area contributed by atoms with Gasteiger partial charge in [-0.25, -0.2) is 0 Å². The molecular weight excluding hydrogens is 202 g/mol. The van der Waals surface area contributed by atoms with Gasteiger partial charge in [-0.05, 0) is 19.4 Å². The molecule has 0 heterocycles. The summed E-state index contributed by atoms with van der Waals surface area (Å²) >= 11 is 0. The molecule has 0 aliphatic heterocycles. The number of phenols is 1. The monoisotopic (exact) mass is 221 g/mol. The molecule has 1 aromatic carbocycles. The highest BCUT2D eigenvalue weighted by Crippen LogP contribution is 2.15. The molecule has 3 heteroatoms. The number of hydrogen-bond donors (Lipinski definition) is 2. The molecule has 0 saturated carbocycles. The van der Waals surface area contributed by atoms with Gasteiger partial charge >= 0.3 is 0 Å². The maximum atomic E-state index is 11.6. The molecular formula is C13H19NO2. The van der Waals surface area contributed by atoms with Crippen LogP contribution in [-0.2, 0) is 11.2 Å². The van der Waals surface area contributed by atoms with Gasteiger partial charge in [-0.3, -0.25) is 4.79 Å². The third-order valence-electron chi connectivity index (χ3n) is 2.47. The Kier molecular flexibility index (Phi) is 4.83. The van der Waals surface area contributed by atoms with Gasteiger partial charge in [0.05, 0.1) is 6.42 Å². The van der Waals surface area contributed by atoms with Crippen molar-refractivity contribution in [2.75, 3.05) is 0 Å². The molecule has 0 aliphatic carbocycles. The normalized spacial score (nSPS) is 12.1. The predicted molar refractivity (Wildman–Crippen MR) is 64.3 cm³/mol. The van der Waals surface area contributed by atoms with Crippen molar-refractivity contribution >= 4 is 5.91 Å². The lowest BCUT2D eigenvalue weighted by atomic mass is 10.1. The first-order chi connectivity index (χ1) is 7.63. The van der Waals surface area contributed by atoms with E-state index in [0.717, 1.165) is 12.8 Å². The quantitative estimate of drug-likeness (QED) is 0.801. The largest absolute Gasteiger partial charge is 0.508 e. The van der Waals surface area contributed by atoms with Crippen molar-refractivity contribution in [2.24, 2.45) is 0 Å². The molecule has 1 rings (SSSR count). The van der Waals surface area contributed by atoms with Crippen molar-refractivity contribution in [2.45, 2.75) is 39.2 Å². The van der Waals surface area contributed by atoms with Crippen LogP contribution in [0.1, 0.15) is 32.3 Å². The second kappa shape index (κ2) is 6.16. The van der Waals surface area contributed by atoms with Crippen LogP contribution in [0.15, 0.2) is 24.3 Å². The smallest absolute Gasteiger partial charge is 0.224 e. The zero-order valence-electron chi connectivity index (χ0n) is 9.86. The number of carbonyl (C=O) groups excluding carboxylic acids is 1. The number of nitrogens with one attached hydrogen (secondary N) is 1. The van der Waals surface area contributed by atoms with Crippen LogP contribution in [0.3, 0.4) is 0 Å². The Bertz CT molecular complexity index is 350. The molecule has 0 aliphatic rings. The number of rotatable bonds is 5. The highest BCUT2D eigenvalue weighted by molar-refractivity contribution is 5.79. The van der Waals surface area contributed by atoms with Gasteiger partial charge in [-0.15, -0.1) is 0 Å². The average molecular weight is 221 g/mol. The van der Waals surface area contributed by atoms with Crippen LogP contribution >= 0.6 is 0 Å². The van der Waals surface area contributed by atoms with Crippen molar-refractivity contribution in [1.82, 2.24) is 5.32 Å². The average Bonchev–Trinajstić information content (AvgIpc) is 2.21. The van der Waals surface area contributed by atoms with Crippen LogP contribution < -0.4 is 5.32 Å². The number of aromatic hydroxyl groups is 1. The van der Waals surface area contributed by atoms with Crippen LogP contribution in [0.25, 0.3) is 0 Å². The first-order valence-corrected chi connectivity index (χ1v) is 5.69. The summed E-state index contributed by atoms with van der Waals surface area (Å²) < 4.78 is 0. The summed E-state index contributed by atoms with van der Waals surface area (Å²) in [6.45, 7) is 4.08. The Balaban J connectivity index is 2.49. The van der Waals surface area contributed by atoms with Crippen LogP contribution in [0.4, 0.5) is 0 Å². The fraction of sp³-hybridized carbons (Fsp3) is 0.462. The van der Waals surface area contributed by atoms with Gasteiger partial charge in [0.2, 0.25) is 5.91 Å². The molecule has 0 bridgehead atoms. The number of benzene rings is 1. The van der Waals surface area contributed by atoms with Crippen molar-refractivity contribution in [3.05, 3.63) is 29.8 Å². The van der Waals surface area contributed by atoms with Gasteiger partial charge in [0.25, 0.3) is 0 Å². The Morgan fingerprint density at radius 3 is 2.75 bits per heavy atom. The highest BCUT2D eigenvalue weighted by Gasteiger charge is 2.09. The highest BCUT2D eigenvalue weighted by atomic mass is 16.3. The van der Waals surface area contributed by atoms with Gasteiger partial charge in [0.15, 0.2) is 0 Å². The van der Waals surface area contributed by atoms with Crippen LogP contribution in [-0.4, -0.2) is 17.1 Å². The van der Waals surface area contributed by atoms with Crippen molar-refractivity contribution in [3.8, 4) is 5.75 Å². The maximum absolute atomic E-state index is 11.6. The molecule has 16 heavy (non-hydrogen) atoms. The molecule has 2 N–H and O–H groups in total.